The lowest BCUT2D eigenvalue weighted by atomic mass is 9.79. The summed E-state index contributed by atoms with van der Waals surface area (Å²) < 4.78 is 5.45. The number of hydrogen-bond acceptors (Lipinski definition) is 6. The summed E-state index contributed by atoms with van der Waals surface area (Å²) in [7, 11) is 1.65. The molecule has 0 N–H and O–H groups in total. The van der Waals surface area contributed by atoms with Crippen molar-refractivity contribution in [3.05, 3.63) is 12.2 Å². The molecule has 3 amide bonds. The van der Waals surface area contributed by atoms with Crippen LogP contribution >= 0.6 is 0 Å². The van der Waals surface area contributed by atoms with Crippen molar-refractivity contribution >= 4 is 23.9 Å². The molecule has 2 rings (SSSR count). The zero-order chi connectivity index (χ0) is 19.3. The van der Waals surface area contributed by atoms with Gasteiger partial charge in [0.15, 0.2) is 0 Å². The van der Waals surface area contributed by atoms with E-state index in [0.29, 0.717) is 37.3 Å². The predicted octanol–water partition coefficient (Wildman–Crippen LogP) is 2.19. The summed E-state index contributed by atoms with van der Waals surface area (Å²) in [5, 5.41) is 0.579. The van der Waals surface area contributed by atoms with Crippen molar-refractivity contribution in [1.82, 2.24) is 9.96 Å². The molecule has 8 nitrogen and oxygen atoms in total. The molecule has 0 radical (unpaired) electrons. The minimum absolute atomic E-state index is 0.0640. The molecule has 1 fully saturated rings. The van der Waals surface area contributed by atoms with E-state index in [1.54, 1.807) is 14.0 Å². The number of carbonyl (C=O) groups is 4. The quantitative estimate of drug-likeness (QED) is 0.559. The molecule has 1 aliphatic heterocycles. The number of hydroxylamine groups is 2. The number of carbonyl (C=O) groups excluding carboxylic acids is 4. The van der Waals surface area contributed by atoms with E-state index in [1.807, 2.05) is 19.1 Å². The summed E-state index contributed by atoms with van der Waals surface area (Å²) in [5.74, 6) is -1.59. The molecule has 0 aromatic rings. The minimum atomic E-state index is -0.866. The van der Waals surface area contributed by atoms with E-state index in [4.69, 9.17) is 9.57 Å². The Morgan fingerprint density at radius 3 is 2.54 bits per heavy atom. The number of allylic oxidation sites excluding steroid dienone is 1. The minimum Gasteiger partial charge on any atom is -0.442 e. The van der Waals surface area contributed by atoms with Gasteiger partial charge < -0.3 is 14.5 Å². The molecule has 0 unspecified atom stereocenters. The second kappa shape index (κ2) is 8.33. The second-order valence-corrected chi connectivity index (χ2v) is 6.96. The van der Waals surface area contributed by atoms with Gasteiger partial charge in [0.1, 0.15) is 6.10 Å². The maximum absolute atomic E-state index is 12.6. The first-order valence-corrected chi connectivity index (χ1v) is 8.93. The molecular weight excluding hydrogens is 340 g/mol. The fourth-order valence-electron chi connectivity index (χ4n) is 2.83. The van der Waals surface area contributed by atoms with Gasteiger partial charge in [0.05, 0.1) is 5.41 Å². The molecule has 1 saturated heterocycles. The molecular formula is C18H26N2O6. The van der Waals surface area contributed by atoms with Crippen molar-refractivity contribution in [2.24, 2.45) is 5.41 Å². The van der Waals surface area contributed by atoms with Crippen LogP contribution in [0, 0.1) is 5.41 Å². The number of rotatable bonds is 4. The summed E-state index contributed by atoms with van der Waals surface area (Å²) in [5.41, 5.74) is -0.866. The third kappa shape index (κ3) is 4.62. The van der Waals surface area contributed by atoms with Gasteiger partial charge in [0.2, 0.25) is 0 Å². The lowest BCUT2D eigenvalue weighted by Gasteiger charge is -2.31. The van der Waals surface area contributed by atoms with Crippen LogP contribution in [0.1, 0.15) is 52.4 Å². The highest BCUT2D eigenvalue weighted by Crippen LogP contribution is 2.34. The van der Waals surface area contributed by atoms with Crippen molar-refractivity contribution in [2.75, 3.05) is 13.6 Å². The average molecular weight is 366 g/mol. The maximum Gasteiger partial charge on any atom is 0.410 e. The smallest absolute Gasteiger partial charge is 0.410 e. The van der Waals surface area contributed by atoms with E-state index in [-0.39, 0.29) is 12.8 Å². The van der Waals surface area contributed by atoms with Crippen molar-refractivity contribution in [3.63, 3.8) is 0 Å². The second-order valence-electron chi connectivity index (χ2n) is 6.96. The van der Waals surface area contributed by atoms with Crippen LogP contribution in [-0.4, -0.2) is 53.5 Å². The van der Waals surface area contributed by atoms with Gasteiger partial charge in [-0.05, 0) is 45.6 Å². The summed E-state index contributed by atoms with van der Waals surface area (Å²) in [4.78, 5) is 54.4. The van der Waals surface area contributed by atoms with Crippen molar-refractivity contribution < 1.29 is 28.8 Å². The number of imide groups is 1. The topological polar surface area (TPSA) is 93.2 Å². The van der Waals surface area contributed by atoms with Gasteiger partial charge in [-0.2, -0.15) is 0 Å². The van der Waals surface area contributed by atoms with Crippen LogP contribution in [0.3, 0.4) is 0 Å². The van der Waals surface area contributed by atoms with Crippen LogP contribution in [0.2, 0.25) is 0 Å². The highest BCUT2D eigenvalue weighted by molar-refractivity contribution is 6.01. The van der Waals surface area contributed by atoms with Gasteiger partial charge in [-0.1, -0.05) is 6.08 Å². The molecule has 0 aromatic carbocycles. The standard InChI is InChI=1S/C18H26N2O6/c1-4-19(3)17(24)25-13-7-5-6-11-18(2,12-10-13)16(23)26-20-14(21)8-9-15(20)22/h5,7,13H,4,6,8-12H2,1-3H3/b7-5+/t13-,18+/m1/s1. The largest absolute Gasteiger partial charge is 0.442 e. The van der Waals surface area contributed by atoms with Crippen molar-refractivity contribution in [1.29, 1.82) is 0 Å². The average Bonchev–Trinajstić information content (AvgIpc) is 2.92. The van der Waals surface area contributed by atoms with Gasteiger partial charge in [0, 0.05) is 26.4 Å². The molecule has 0 aromatic heterocycles. The molecule has 2 atom stereocenters. The Kier molecular flexibility index (Phi) is 6.39. The Bertz CT molecular complexity index is 601. The molecule has 0 spiro atoms. The van der Waals surface area contributed by atoms with E-state index in [2.05, 4.69) is 0 Å². The van der Waals surface area contributed by atoms with Crippen LogP contribution in [-0.2, 0) is 24.0 Å². The third-order valence-corrected chi connectivity index (χ3v) is 4.91. The zero-order valence-electron chi connectivity index (χ0n) is 15.5. The Morgan fingerprint density at radius 2 is 1.92 bits per heavy atom. The highest BCUT2D eigenvalue weighted by Gasteiger charge is 2.41. The summed E-state index contributed by atoms with van der Waals surface area (Å²) in [6.45, 7) is 4.14. The van der Waals surface area contributed by atoms with E-state index < -0.39 is 35.4 Å². The highest BCUT2D eigenvalue weighted by atomic mass is 16.7. The molecule has 144 valence electrons. The number of amides is 3. The van der Waals surface area contributed by atoms with E-state index in [0.717, 1.165) is 0 Å². The van der Waals surface area contributed by atoms with E-state index in [1.165, 1.54) is 4.90 Å². The van der Waals surface area contributed by atoms with Gasteiger partial charge in [0.25, 0.3) is 11.8 Å². The molecule has 1 heterocycles. The molecule has 2 aliphatic rings. The van der Waals surface area contributed by atoms with Gasteiger partial charge >= 0.3 is 12.1 Å². The normalized spacial score (nSPS) is 27.5. The Balaban J connectivity index is 2.00. The van der Waals surface area contributed by atoms with Gasteiger partial charge in [-0.25, -0.2) is 9.59 Å². The fraction of sp³-hybridized carbons (Fsp3) is 0.667. The molecule has 8 heteroatoms. The van der Waals surface area contributed by atoms with Crippen LogP contribution in [0.15, 0.2) is 12.2 Å². The van der Waals surface area contributed by atoms with Crippen LogP contribution in [0.25, 0.3) is 0 Å². The summed E-state index contributed by atoms with van der Waals surface area (Å²) >= 11 is 0. The molecule has 0 saturated carbocycles. The number of nitrogens with zero attached hydrogens (tertiary/aromatic N) is 2. The maximum atomic E-state index is 12.6. The lowest BCUT2D eigenvalue weighted by Crippen LogP contribution is -2.40. The number of hydrogen-bond donors (Lipinski definition) is 0. The van der Waals surface area contributed by atoms with Crippen LogP contribution < -0.4 is 0 Å². The Labute approximate surface area is 153 Å². The fourth-order valence-corrected chi connectivity index (χ4v) is 2.83. The lowest BCUT2D eigenvalue weighted by molar-refractivity contribution is -0.205. The van der Waals surface area contributed by atoms with E-state index in [9.17, 15) is 19.2 Å². The molecule has 0 bridgehead atoms. The van der Waals surface area contributed by atoms with Gasteiger partial charge in [-0.15, -0.1) is 5.06 Å². The van der Waals surface area contributed by atoms with Crippen LogP contribution in [0.4, 0.5) is 4.79 Å². The summed E-state index contributed by atoms with van der Waals surface area (Å²) in [6, 6.07) is 0. The van der Waals surface area contributed by atoms with Crippen molar-refractivity contribution in [2.45, 2.75) is 58.5 Å². The first kappa shape index (κ1) is 19.9. The number of ether oxygens (including phenoxy) is 1. The monoisotopic (exact) mass is 366 g/mol. The Hall–Kier alpha value is -2.38. The third-order valence-electron chi connectivity index (χ3n) is 4.91. The zero-order valence-corrected chi connectivity index (χ0v) is 15.5. The molecule has 1 aliphatic carbocycles. The van der Waals surface area contributed by atoms with E-state index >= 15 is 0 Å². The molecule has 26 heavy (non-hydrogen) atoms. The first-order valence-electron chi connectivity index (χ1n) is 8.93. The Morgan fingerprint density at radius 1 is 1.27 bits per heavy atom. The van der Waals surface area contributed by atoms with Crippen molar-refractivity contribution in [3.8, 4) is 0 Å². The van der Waals surface area contributed by atoms with Gasteiger partial charge in [-0.3, -0.25) is 9.59 Å². The van der Waals surface area contributed by atoms with Crippen LogP contribution in [0.5, 0.6) is 0 Å². The SMILES string of the molecule is CCN(C)C(=O)O[C@@H]1/C=C/CC[C@](C)(C(=O)ON2C(=O)CCC2=O)CC1. The first-order chi connectivity index (χ1) is 12.3. The summed E-state index contributed by atoms with van der Waals surface area (Å²) in [6.07, 6.45) is 4.98. The predicted molar refractivity (Wildman–Crippen MR) is 91.5 cm³/mol.